The fourth-order valence-electron chi connectivity index (χ4n) is 1.46. The summed E-state index contributed by atoms with van der Waals surface area (Å²) in [5, 5.41) is 4.12. The molecule has 0 saturated heterocycles. The Bertz CT molecular complexity index is 359. The molecule has 6 heteroatoms. The Labute approximate surface area is 107 Å². The highest BCUT2D eigenvalue weighted by molar-refractivity contribution is 5.86. The Hall–Kier alpha value is -1.40. The Morgan fingerprint density at radius 2 is 1.94 bits per heavy atom. The summed E-state index contributed by atoms with van der Waals surface area (Å²) in [5.74, 6) is -0.416. The quantitative estimate of drug-likeness (QED) is 0.520. The van der Waals surface area contributed by atoms with Crippen LogP contribution in [0.5, 0.6) is 0 Å². The van der Waals surface area contributed by atoms with E-state index >= 15 is 0 Å². The van der Waals surface area contributed by atoms with Gasteiger partial charge in [0.15, 0.2) is 12.0 Å². The number of carbonyl (C=O) groups excluding carboxylic acids is 1. The molecule has 0 saturated carbocycles. The second kappa shape index (κ2) is 7.84. The van der Waals surface area contributed by atoms with Crippen LogP contribution in [0, 0.1) is 0 Å². The van der Waals surface area contributed by atoms with Gasteiger partial charge in [-0.2, -0.15) is 5.10 Å². The second-order valence-electron chi connectivity index (χ2n) is 3.48. The van der Waals surface area contributed by atoms with Gasteiger partial charge in [-0.25, -0.2) is 4.79 Å². The zero-order valence-electron chi connectivity index (χ0n) is 11.1. The molecule has 18 heavy (non-hydrogen) atoms. The summed E-state index contributed by atoms with van der Waals surface area (Å²) in [6.45, 7) is 7.48. The van der Waals surface area contributed by atoms with Crippen molar-refractivity contribution in [3.8, 4) is 0 Å². The molecule has 0 unspecified atom stereocenters. The summed E-state index contributed by atoms with van der Waals surface area (Å²) < 4.78 is 17.3. The van der Waals surface area contributed by atoms with Crippen molar-refractivity contribution in [2.45, 2.75) is 33.6 Å². The first-order valence-electron chi connectivity index (χ1n) is 6.15. The highest BCUT2D eigenvalue weighted by atomic mass is 16.7. The van der Waals surface area contributed by atoms with Gasteiger partial charge < -0.3 is 14.2 Å². The van der Waals surface area contributed by atoms with Gasteiger partial charge in [0.2, 0.25) is 0 Å². The zero-order chi connectivity index (χ0) is 13.4. The van der Waals surface area contributed by atoms with Gasteiger partial charge in [-0.05, 0) is 26.8 Å². The topological polar surface area (TPSA) is 62.6 Å². The summed E-state index contributed by atoms with van der Waals surface area (Å²) in [4.78, 5) is 11.4. The molecule has 0 fully saturated rings. The van der Waals surface area contributed by atoms with Crippen LogP contribution >= 0.6 is 0 Å². The number of hydrogen-bond acceptors (Lipinski definition) is 5. The summed E-state index contributed by atoms with van der Waals surface area (Å²) in [6, 6.07) is 1.62. The molecule has 6 nitrogen and oxygen atoms in total. The van der Waals surface area contributed by atoms with Crippen molar-refractivity contribution in [1.82, 2.24) is 9.78 Å². The van der Waals surface area contributed by atoms with Gasteiger partial charge in [0.05, 0.1) is 13.2 Å². The predicted octanol–water partition coefficient (Wildman–Crippen LogP) is 1.46. The van der Waals surface area contributed by atoms with Crippen molar-refractivity contribution in [3.05, 3.63) is 18.0 Å². The van der Waals surface area contributed by atoms with Crippen molar-refractivity contribution < 1.29 is 19.0 Å². The molecule has 0 aliphatic carbocycles. The molecule has 1 aromatic rings. The maximum atomic E-state index is 11.4. The lowest BCUT2D eigenvalue weighted by atomic mass is 10.4. The van der Waals surface area contributed by atoms with E-state index in [0.29, 0.717) is 32.1 Å². The fourth-order valence-corrected chi connectivity index (χ4v) is 1.46. The monoisotopic (exact) mass is 256 g/mol. The molecule has 0 bridgehead atoms. The predicted molar refractivity (Wildman–Crippen MR) is 65.2 cm³/mol. The molecule has 1 aromatic heterocycles. The highest BCUT2D eigenvalue weighted by Crippen LogP contribution is 2.03. The highest BCUT2D eigenvalue weighted by Gasteiger charge is 2.13. The molecular weight excluding hydrogens is 236 g/mol. The van der Waals surface area contributed by atoms with Crippen LogP contribution in [0.3, 0.4) is 0 Å². The maximum absolute atomic E-state index is 11.4. The Morgan fingerprint density at radius 3 is 2.50 bits per heavy atom. The molecule has 0 N–H and O–H groups in total. The van der Waals surface area contributed by atoms with E-state index in [0.717, 1.165) is 0 Å². The third-order valence-electron chi connectivity index (χ3n) is 2.17. The van der Waals surface area contributed by atoms with Crippen LogP contribution in [0.1, 0.15) is 31.3 Å². The van der Waals surface area contributed by atoms with Crippen molar-refractivity contribution in [2.24, 2.45) is 0 Å². The molecule has 0 amide bonds. The van der Waals surface area contributed by atoms with Crippen molar-refractivity contribution >= 4 is 5.97 Å². The standard InChI is InChI=1S/C12H20N2O4/c1-4-16-11(17-5-2)9-14-8-7-10(13-14)12(15)18-6-3/h7-8,11H,4-6,9H2,1-3H3. The number of rotatable bonds is 8. The van der Waals surface area contributed by atoms with Gasteiger partial charge >= 0.3 is 5.97 Å². The number of hydrogen-bond donors (Lipinski definition) is 0. The molecule has 0 aromatic carbocycles. The van der Waals surface area contributed by atoms with E-state index in [9.17, 15) is 4.79 Å². The normalized spacial score (nSPS) is 10.9. The number of nitrogens with zero attached hydrogens (tertiary/aromatic N) is 2. The van der Waals surface area contributed by atoms with E-state index in [2.05, 4.69) is 5.10 Å². The maximum Gasteiger partial charge on any atom is 0.358 e. The van der Waals surface area contributed by atoms with Crippen LogP contribution < -0.4 is 0 Å². The molecule has 0 spiro atoms. The van der Waals surface area contributed by atoms with E-state index in [-0.39, 0.29) is 6.29 Å². The number of ether oxygens (including phenoxy) is 3. The van der Waals surface area contributed by atoms with E-state index in [1.54, 1.807) is 23.9 Å². The summed E-state index contributed by atoms with van der Waals surface area (Å²) >= 11 is 0. The lowest BCUT2D eigenvalue weighted by Gasteiger charge is -2.16. The Balaban J connectivity index is 2.58. The third kappa shape index (κ3) is 4.46. The van der Waals surface area contributed by atoms with Crippen LogP contribution in [0.25, 0.3) is 0 Å². The molecule has 102 valence electrons. The molecular formula is C12H20N2O4. The van der Waals surface area contributed by atoms with Crippen LogP contribution in [-0.4, -0.2) is 41.9 Å². The summed E-state index contributed by atoms with van der Waals surface area (Å²) in [7, 11) is 0. The van der Waals surface area contributed by atoms with Gasteiger partial charge in [-0.1, -0.05) is 0 Å². The summed E-state index contributed by atoms with van der Waals surface area (Å²) in [6.07, 6.45) is 1.35. The van der Waals surface area contributed by atoms with E-state index in [1.807, 2.05) is 13.8 Å². The van der Waals surface area contributed by atoms with E-state index in [4.69, 9.17) is 14.2 Å². The molecule has 1 heterocycles. The van der Waals surface area contributed by atoms with Gasteiger partial charge in [-0.3, -0.25) is 4.68 Å². The average Bonchev–Trinajstić information content (AvgIpc) is 2.78. The second-order valence-corrected chi connectivity index (χ2v) is 3.48. The minimum absolute atomic E-state index is 0.295. The van der Waals surface area contributed by atoms with Crippen LogP contribution in [0.15, 0.2) is 12.3 Å². The first-order chi connectivity index (χ1) is 8.71. The van der Waals surface area contributed by atoms with Crippen molar-refractivity contribution in [3.63, 3.8) is 0 Å². The number of esters is 1. The first kappa shape index (κ1) is 14.7. The SMILES string of the molecule is CCOC(=O)c1ccn(CC(OCC)OCC)n1. The molecule has 1 rings (SSSR count). The molecule has 0 radical (unpaired) electrons. The number of carbonyl (C=O) groups is 1. The Kier molecular flexibility index (Phi) is 6.38. The zero-order valence-corrected chi connectivity index (χ0v) is 11.1. The molecule has 0 aliphatic heterocycles. The fraction of sp³-hybridized carbons (Fsp3) is 0.667. The smallest absolute Gasteiger partial charge is 0.358 e. The minimum Gasteiger partial charge on any atom is -0.461 e. The van der Waals surface area contributed by atoms with Gasteiger partial charge in [0.25, 0.3) is 0 Å². The van der Waals surface area contributed by atoms with Crippen LogP contribution in [-0.2, 0) is 20.8 Å². The first-order valence-corrected chi connectivity index (χ1v) is 6.15. The largest absolute Gasteiger partial charge is 0.461 e. The van der Waals surface area contributed by atoms with Crippen LogP contribution in [0.2, 0.25) is 0 Å². The average molecular weight is 256 g/mol. The van der Waals surface area contributed by atoms with Gasteiger partial charge in [0.1, 0.15) is 0 Å². The van der Waals surface area contributed by atoms with Gasteiger partial charge in [0, 0.05) is 19.4 Å². The summed E-state index contributed by atoms with van der Waals surface area (Å²) in [5.41, 5.74) is 0.295. The van der Waals surface area contributed by atoms with Gasteiger partial charge in [-0.15, -0.1) is 0 Å². The third-order valence-corrected chi connectivity index (χ3v) is 2.17. The molecule has 0 atom stereocenters. The minimum atomic E-state index is -0.416. The Morgan fingerprint density at radius 1 is 1.28 bits per heavy atom. The number of aromatic nitrogens is 2. The van der Waals surface area contributed by atoms with Crippen molar-refractivity contribution in [1.29, 1.82) is 0 Å². The lowest BCUT2D eigenvalue weighted by molar-refractivity contribution is -0.144. The van der Waals surface area contributed by atoms with Crippen LogP contribution in [0.4, 0.5) is 0 Å². The molecule has 0 aliphatic rings. The van der Waals surface area contributed by atoms with E-state index < -0.39 is 5.97 Å². The lowest BCUT2D eigenvalue weighted by Crippen LogP contribution is -2.24. The van der Waals surface area contributed by atoms with Crippen molar-refractivity contribution in [2.75, 3.05) is 19.8 Å². The van der Waals surface area contributed by atoms with E-state index in [1.165, 1.54) is 0 Å².